The summed E-state index contributed by atoms with van der Waals surface area (Å²) >= 11 is 0. The molecule has 5 aliphatic rings. The van der Waals surface area contributed by atoms with Gasteiger partial charge in [0.1, 0.15) is 12.6 Å². The van der Waals surface area contributed by atoms with Crippen LogP contribution in [-0.2, 0) is 44.7 Å². The highest BCUT2D eigenvalue weighted by molar-refractivity contribution is 6.01. The molecule has 1 aromatic rings. The van der Waals surface area contributed by atoms with E-state index in [1.807, 2.05) is 19.9 Å². The van der Waals surface area contributed by atoms with E-state index in [0.29, 0.717) is 30.5 Å². The Hall–Kier alpha value is -5.37. The third-order valence-corrected chi connectivity index (χ3v) is 15.2. The van der Waals surface area contributed by atoms with Crippen molar-refractivity contribution in [3.8, 4) is 0 Å². The monoisotopic (exact) mass is 950 g/mol. The quantitative estimate of drug-likeness (QED) is 0.108. The van der Waals surface area contributed by atoms with Crippen molar-refractivity contribution in [1.82, 2.24) is 20.4 Å². The Labute approximate surface area is 398 Å². The Bertz CT molecular complexity index is 2130. The number of urea groups is 1. The summed E-state index contributed by atoms with van der Waals surface area (Å²) in [6.07, 6.45) is 6.12. The van der Waals surface area contributed by atoms with Gasteiger partial charge in [0.25, 0.3) is 0 Å². The Morgan fingerprint density at radius 3 is 2.32 bits per heavy atom. The highest BCUT2D eigenvalue weighted by Crippen LogP contribution is 2.69. The molecule has 19 nitrogen and oxygen atoms in total. The molecule has 3 saturated carbocycles. The average molecular weight is 950 g/mol. The molecule has 4 fully saturated rings. The third-order valence-electron chi connectivity index (χ3n) is 15.2. The van der Waals surface area contributed by atoms with E-state index in [0.717, 1.165) is 24.8 Å². The van der Waals surface area contributed by atoms with Crippen LogP contribution >= 0.6 is 0 Å². The predicted octanol–water partition coefficient (Wildman–Crippen LogP) is 3.92. The van der Waals surface area contributed by atoms with E-state index >= 15 is 0 Å². The zero-order chi connectivity index (χ0) is 49.7. The van der Waals surface area contributed by atoms with Crippen LogP contribution < -0.4 is 27.4 Å². The number of nitrogens with one attached hydrogen (secondary N) is 3. The van der Waals surface area contributed by atoms with Crippen molar-refractivity contribution in [2.24, 2.45) is 46.0 Å². The van der Waals surface area contributed by atoms with E-state index in [2.05, 4.69) is 22.9 Å². The molecule has 4 aliphatic carbocycles. The van der Waals surface area contributed by atoms with Crippen LogP contribution in [0.5, 0.6) is 0 Å². The number of fused-ring (bicyclic) bond motifs is 7. The van der Waals surface area contributed by atoms with E-state index in [4.69, 9.17) is 30.4 Å². The van der Waals surface area contributed by atoms with Crippen LogP contribution in [0.15, 0.2) is 48.1 Å². The van der Waals surface area contributed by atoms with Crippen molar-refractivity contribution in [2.45, 2.75) is 129 Å². The molecule has 1 saturated heterocycles. The Kier molecular flexibility index (Phi) is 16.5. The van der Waals surface area contributed by atoms with Gasteiger partial charge in [-0.1, -0.05) is 64.8 Å². The van der Waals surface area contributed by atoms with Gasteiger partial charge in [-0.15, -0.1) is 0 Å². The molecule has 1 heterocycles. The van der Waals surface area contributed by atoms with Gasteiger partial charge < -0.3 is 61.3 Å². The zero-order valence-corrected chi connectivity index (χ0v) is 40.4. The molecule has 1 aliphatic heterocycles. The Morgan fingerprint density at radius 2 is 1.68 bits per heavy atom. The zero-order valence-electron chi connectivity index (χ0n) is 40.4. The van der Waals surface area contributed by atoms with E-state index in [1.54, 1.807) is 50.3 Å². The number of Topliss-reactive ketones (excluding diaryl/α,β-unsaturated/α-hetero) is 1. The van der Waals surface area contributed by atoms with Gasteiger partial charge in [-0.25, -0.2) is 14.4 Å². The number of primary amides is 1. The number of allylic oxidation sites excluding steroid dienone is 4. The maximum atomic E-state index is 14.6. The minimum absolute atomic E-state index is 0.0244. The fraction of sp³-hybridized carbons (Fsp3) is 0.653. The lowest BCUT2D eigenvalue weighted by Gasteiger charge is -2.59. The molecule has 68 heavy (non-hydrogen) atoms. The van der Waals surface area contributed by atoms with Crippen molar-refractivity contribution in [2.75, 3.05) is 45.7 Å². The number of nitrogens with two attached hydrogens (primary N) is 2. The van der Waals surface area contributed by atoms with Crippen LogP contribution in [0.2, 0.25) is 0 Å². The summed E-state index contributed by atoms with van der Waals surface area (Å²) < 4.78 is 24.3. The SMILES string of the molecule is CCCC1O[C@@H]2CC3[C@@H]4CCC5=CC(=O)C=C[C@]5(C)C4[C@@H](O)C[C@]3(C)[C@]2(C(=O)COC(=O)N(C)CCN(C)C(=O)OCc2ccc(NC(=O)[C@H](CCCNC(N)=O)NC(=O)C(N)C(C)C)cc2)O1. The summed E-state index contributed by atoms with van der Waals surface area (Å²) in [6.45, 7) is 9.43. The molecule has 0 spiro atoms. The second-order valence-electron chi connectivity index (χ2n) is 20.0. The fourth-order valence-corrected chi connectivity index (χ4v) is 11.4. The van der Waals surface area contributed by atoms with Crippen LogP contribution in [0, 0.1) is 34.5 Å². The number of likely N-dealkylation sites (N-methyl/N-ethyl adjacent to an activating group) is 2. The van der Waals surface area contributed by atoms with Gasteiger partial charge in [0, 0.05) is 56.2 Å². The van der Waals surface area contributed by atoms with E-state index < -0.39 is 89.4 Å². The van der Waals surface area contributed by atoms with Crippen molar-refractivity contribution in [3.63, 3.8) is 0 Å². The lowest BCUT2D eigenvalue weighted by Crippen LogP contribution is -2.63. The molecule has 374 valence electrons. The van der Waals surface area contributed by atoms with Crippen molar-refractivity contribution in [1.29, 1.82) is 0 Å². The molecular formula is C49H71N7O12. The maximum Gasteiger partial charge on any atom is 0.409 e. The van der Waals surface area contributed by atoms with Gasteiger partial charge in [-0.3, -0.25) is 19.2 Å². The van der Waals surface area contributed by atoms with Crippen LogP contribution in [0.4, 0.5) is 20.1 Å². The van der Waals surface area contributed by atoms with Gasteiger partial charge in [0.2, 0.25) is 17.6 Å². The predicted molar refractivity (Wildman–Crippen MR) is 249 cm³/mol. The van der Waals surface area contributed by atoms with Crippen molar-refractivity contribution in [3.05, 3.63) is 53.6 Å². The summed E-state index contributed by atoms with van der Waals surface area (Å²) in [5, 5.41) is 19.9. The number of ketones is 2. The number of anilines is 1. The summed E-state index contributed by atoms with van der Waals surface area (Å²) in [6, 6.07) is 4.14. The number of hydrogen-bond acceptors (Lipinski definition) is 13. The number of carbonyl (C=O) groups is 7. The van der Waals surface area contributed by atoms with Gasteiger partial charge in [-0.05, 0) is 92.5 Å². The number of benzene rings is 1. The van der Waals surface area contributed by atoms with Crippen LogP contribution in [-0.4, -0.2) is 133 Å². The van der Waals surface area contributed by atoms with Crippen molar-refractivity contribution >= 4 is 47.3 Å². The molecule has 6 amide bonds. The van der Waals surface area contributed by atoms with Crippen LogP contribution in [0.1, 0.15) is 91.5 Å². The first kappa shape index (κ1) is 52.0. The smallest absolute Gasteiger partial charge is 0.409 e. The molecule has 0 radical (unpaired) electrons. The Balaban J connectivity index is 0.989. The molecule has 19 heteroatoms. The second-order valence-corrected chi connectivity index (χ2v) is 20.0. The number of aliphatic hydroxyl groups excluding tert-OH is 1. The third kappa shape index (κ3) is 10.7. The lowest BCUT2D eigenvalue weighted by molar-refractivity contribution is -0.200. The standard InChI is InChI=1S/C49H71N7O12/c1-8-10-39-67-38-24-34-33-17-14-30-23-32(57)18-19-47(30,4)40(33)36(58)25-48(34,5)49(38,68-39)37(59)27-66-46(64)56(7)22-21-55(6)45(63)65-26-29-12-15-31(16-13-29)53-42(60)35(11-9-20-52-44(51)62)54-43(61)41(50)28(2)3/h12-13,15-16,18-19,23,28,33-36,38-41,58H,8-11,14,17,20-22,24-27,50H2,1-7H3,(H,53,60)(H,54,61)(H3,51,52,62)/t33-,34?,35-,36-,38+,39?,40?,41?,47-,48-,49+/m0/s1. The van der Waals surface area contributed by atoms with Gasteiger partial charge in [0.05, 0.1) is 18.2 Å². The number of hydrogen-bond donors (Lipinski definition) is 6. The number of nitrogens with zero attached hydrogens (tertiary/aromatic N) is 2. The fourth-order valence-electron chi connectivity index (χ4n) is 11.4. The molecule has 0 aromatic heterocycles. The minimum atomic E-state index is -1.44. The molecule has 1 aromatic carbocycles. The number of carbonyl (C=O) groups excluding carboxylic acids is 7. The molecule has 4 unspecified atom stereocenters. The topological polar surface area (TPSA) is 271 Å². The maximum absolute atomic E-state index is 14.6. The summed E-state index contributed by atoms with van der Waals surface area (Å²) in [7, 11) is 3.02. The summed E-state index contributed by atoms with van der Waals surface area (Å²) in [5.41, 5.74) is 10.5. The van der Waals surface area contributed by atoms with Crippen molar-refractivity contribution < 1.29 is 57.6 Å². The number of amides is 6. The second kappa shape index (κ2) is 21.5. The van der Waals surface area contributed by atoms with E-state index in [9.17, 15) is 38.7 Å². The minimum Gasteiger partial charge on any atom is -0.445 e. The highest BCUT2D eigenvalue weighted by atomic mass is 16.7. The van der Waals surface area contributed by atoms with E-state index in [-0.39, 0.29) is 68.5 Å². The molecule has 6 rings (SSSR count). The first-order valence-corrected chi connectivity index (χ1v) is 23.9. The van der Waals surface area contributed by atoms with Crippen LogP contribution in [0.25, 0.3) is 0 Å². The number of rotatable bonds is 19. The average Bonchev–Trinajstić information content (AvgIpc) is 3.78. The lowest BCUT2D eigenvalue weighted by atomic mass is 9.46. The number of aliphatic hydroxyl groups is 1. The molecule has 11 atom stereocenters. The molecule has 0 bridgehead atoms. The van der Waals surface area contributed by atoms with Gasteiger partial charge >= 0.3 is 18.2 Å². The van der Waals surface area contributed by atoms with E-state index in [1.165, 1.54) is 23.9 Å². The molecular weight excluding hydrogens is 879 g/mol. The first-order chi connectivity index (χ1) is 32.1. The molecule has 8 N–H and O–H groups in total. The van der Waals surface area contributed by atoms with Gasteiger partial charge in [0.15, 0.2) is 24.3 Å². The largest absolute Gasteiger partial charge is 0.445 e. The summed E-state index contributed by atoms with van der Waals surface area (Å²) in [5.74, 6) is -1.69. The highest BCUT2D eigenvalue weighted by Gasteiger charge is 2.76. The summed E-state index contributed by atoms with van der Waals surface area (Å²) in [4.78, 5) is 92.7. The number of ether oxygens (including phenoxy) is 4. The Morgan fingerprint density at radius 1 is 1.00 bits per heavy atom. The normalized spacial score (nSPS) is 29.8. The van der Waals surface area contributed by atoms with Crippen LogP contribution in [0.3, 0.4) is 0 Å². The van der Waals surface area contributed by atoms with Gasteiger partial charge in [-0.2, -0.15) is 0 Å². The first-order valence-electron chi connectivity index (χ1n) is 23.9.